The third-order valence-electron chi connectivity index (χ3n) is 2.47. The Bertz CT molecular complexity index is 280. The summed E-state index contributed by atoms with van der Waals surface area (Å²) in [6.07, 6.45) is 6.52. The van der Waals surface area contributed by atoms with Crippen molar-refractivity contribution in [1.82, 2.24) is 0 Å². The third kappa shape index (κ3) is 11.1. The first-order chi connectivity index (χ1) is 7.61. The van der Waals surface area contributed by atoms with E-state index in [9.17, 15) is 0 Å². The molecule has 0 fully saturated rings. The van der Waals surface area contributed by atoms with Crippen LogP contribution in [0, 0.1) is 56.4 Å². The molecule has 0 amide bonds. The van der Waals surface area contributed by atoms with Gasteiger partial charge in [0.1, 0.15) is 5.75 Å². The van der Waals surface area contributed by atoms with Crippen molar-refractivity contribution in [3.05, 3.63) is 36.2 Å². The second-order valence-corrected chi connectivity index (χ2v) is 4.20. The molecule has 1 N–H and O–H groups in total. The van der Waals surface area contributed by atoms with E-state index < -0.39 is 0 Å². The topological polar surface area (TPSA) is 20.2 Å². The maximum Gasteiger partial charge on any atom is 0.118 e. The Balaban J connectivity index is 0. The van der Waals surface area contributed by atoms with Crippen molar-refractivity contribution in [3.8, 4) is 5.75 Å². The van der Waals surface area contributed by atoms with Crippen LogP contribution in [-0.2, 0) is 0 Å². The van der Waals surface area contributed by atoms with Crippen molar-refractivity contribution >= 4 is 0 Å². The van der Waals surface area contributed by atoms with Crippen molar-refractivity contribution in [1.29, 1.82) is 0 Å². The normalized spacial score (nSPS) is 8.94. The molecule has 0 saturated heterocycles. The Morgan fingerprint density at radius 2 is 1.76 bits per heavy atom. The van der Waals surface area contributed by atoms with E-state index >= 15 is 0 Å². The molecular weight excluding hydrogens is 335 g/mol. The van der Waals surface area contributed by atoms with Gasteiger partial charge in [0.05, 0.1) is 0 Å². The maximum atomic E-state index is 9.10. The van der Waals surface area contributed by atoms with Gasteiger partial charge in [-0.2, -0.15) is 6.42 Å². The average molecular weight is 360 g/mol. The summed E-state index contributed by atoms with van der Waals surface area (Å²) in [4.78, 5) is 0. The first kappa shape index (κ1) is 19.6. The molecule has 1 radical (unpaired) electrons. The Morgan fingerprint density at radius 3 is 2.18 bits per heavy atom. The molecule has 0 bridgehead atoms. The number of aromatic hydroxyl groups is 1. The number of rotatable bonds is 4. The van der Waals surface area contributed by atoms with Crippen LogP contribution in [0.2, 0.25) is 0 Å². The van der Waals surface area contributed by atoms with E-state index in [0.29, 0.717) is 5.75 Å². The van der Waals surface area contributed by atoms with Crippen LogP contribution in [0.25, 0.3) is 0 Å². The summed E-state index contributed by atoms with van der Waals surface area (Å²) in [5.74, 6) is 0.384. The first-order valence-electron chi connectivity index (χ1n) is 6.17. The van der Waals surface area contributed by atoms with Gasteiger partial charge in [-0.25, -0.2) is 0 Å². The van der Waals surface area contributed by atoms with Crippen molar-refractivity contribution in [2.75, 3.05) is 0 Å². The molecule has 0 atom stereocenters. The molecule has 0 aliphatic heterocycles. The number of benzene rings is 1. The van der Waals surface area contributed by atoms with Gasteiger partial charge in [-0.3, -0.25) is 0 Å². The van der Waals surface area contributed by atoms with Crippen LogP contribution in [-0.4, -0.2) is 5.11 Å². The van der Waals surface area contributed by atoms with Crippen LogP contribution in [0.1, 0.15) is 50.2 Å². The molecule has 1 nitrogen and oxygen atoms in total. The number of hydrogen-bond acceptors (Lipinski definition) is 1. The minimum absolute atomic E-state index is 0. The molecule has 0 heterocycles. The van der Waals surface area contributed by atoms with Crippen LogP contribution in [0.4, 0.5) is 0 Å². The van der Waals surface area contributed by atoms with E-state index in [1.165, 1.54) is 25.7 Å². The van der Waals surface area contributed by atoms with E-state index in [0.717, 1.165) is 17.5 Å². The summed E-state index contributed by atoms with van der Waals surface area (Å²) in [7, 11) is 0. The minimum Gasteiger partial charge on any atom is -0.508 e. The van der Waals surface area contributed by atoms with Gasteiger partial charge >= 0.3 is 0 Å². The predicted octanol–water partition coefficient (Wildman–Crippen LogP) is 4.80. The quantitative estimate of drug-likeness (QED) is 0.604. The molecule has 0 aliphatic rings. The second-order valence-electron chi connectivity index (χ2n) is 4.20. The Morgan fingerprint density at radius 1 is 1.12 bits per heavy atom. The molecule has 0 unspecified atom stereocenters. The van der Waals surface area contributed by atoms with Crippen molar-refractivity contribution < 1.29 is 40.7 Å². The van der Waals surface area contributed by atoms with Crippen LogP contribution in [0.3, 0.4) is 0 Å². The van der Waals surface area contributed by atoms with Gasteiger partial charge in [0, 0.05) is 35.6 Å². The van der Waals surface area contributed by atoms with Gasteiger partial charge in [0.2, 0.25) is 0 Å². The summed E-state index contributed by atoms with van der Waals surface area (Å²) < 4.78 is 0. The smallest absolute Gasteiger partial charge is 0.118 e. The molecule has 0 spiro atoms. The van der Waals surface area contributed by atoms with Crippen molar-refractivity contribution in [2.45, 2.75) is 52.9 Å². The van der Waals surface area contributed by atoms with E-state index in [2.05, 4.69) is 13.8 Å². The molecule has 95 valence electrons. The number of aryl methyl sites for hydroxylation is 2. The van der Waals surface area contributed by atoms with Crippen LogP contribution >= 0.6 is 0 Å². The van der Waals surface area contributed by atoms with Gasteiger partial charge in [-0.05, 0) is 31.0 Å². The van der Waals surface area contributed by atoms with Gasteiger partial charge in [0.25, 0.3) is 0 Å². The minimum atomic E-state index is 0. The van der Waals surface area contributed by atoms with E-state index in [1.54, 1.807) is 6.07 Å². The maximum absolute atomic E-state index is 9.10. The fourth-order valence-electron chi connectivity index (χ4n) is 1.32. The Hall–Kier alpha value is 0.215. The van der Waals surface area contributed by atoms with Crippen LogP contribution < -0.4 is 0 Å². The van der Waals surface area contributed by atoms with Gasteiger partial charge in [-0.15, -0.1) is 0 Å². The third-order valence-corrected chi connectivity index (χ3v) is 2.47. The SMILES string of the molecule is Cc1ccc(C)c(O)c1.[CH2-]CCCCCC.[La]. The zero-order chi connectivity index (χ0) is 12.4. The second kappa shape index (κ2) is 12.7. The summed E-state index contributed by atoms with van der Waals surface area (Å²) in [6, 6.07) is 5.65. The number of unbranched alkanes of at least 4 members (excludes halogenated alkanes) is 4. The van der Waals surface area contributed by atoms with Crippen LogP contribution in [0.15, 0.2) is 18.2 Å². The predicted molar refractivity (Wildman–Crippen MR) is 71.7 cm³/mol. The summed E-state index contributed by atoms with van der Waals surface area (Å²) in [6.45, 7) is 9.82. The fraction of sp³-hybridized carbons (Fsp3) is 0.533. The van der Waals surface area contributed by atoms with E-state index in [-0.39, 0.29) is 35.6 Å². The zero-order valence-electron chi connectivity index (χ0n) is 11.5. The standard InChI is InChI=1S/C8H10O.C7H15.La/c1-6-3-4-7(2)8(9)5-6;1-3-5-7-6-4-2;/h3-5,9H,1-2H3;1,3-7H2,2H3;/q;-1;. The number of phenols is 1. The largest absolute Gasteiger partial charge is 0.508 e. The molecule has 17 heavy (non-hydrogen) atoms. The molecule has 0 aromatic heterocycles. The Kier molecular flexibility index (Phi) is 14.6. The molecular formula is C15H25LaO-. The van der Waals surface area contributed by atoms with Crippen molar-refractivity contribution in [3.63, 3.8) is 0 Å². The van der Waals surface area contributed by atoms with Gasteiger partial charge in [-0.1, -0.05) is 44.7 Å². The van der Waals surface area contributed by atoms with Crippen molar-refractivity contribution in [2.24, 2.45) is 0 Å². The first-order valence-corrected chi connectivity index (χ1v) is 6.17. The number of phenolic OH excluding ortho intramolecular Hbond substituents is 1. The molecule has 1 rings (SSSR count). The Labute approximate surface area is 135 Å². The molecule has 0 saturated carbocycles. The molecule has 0 aliphatic carbocycles. The molecule has 1 aromatic carbocycles. The summed E-state index contributed by atoms with van der Waals surface area (Å²) in [5.41, 5.74) is 2.03. The monoisotopic (exact) mass is 360 g/mol. The van der Waals surface area contributed by atoms with E-state index in [1.807, 2.05) is 26.0 Å². The molecule has 1 aromatic rings. The summed E-state index contributed by atoms with van der Waals surface area (Å²) in [5, 5.41) is 9.10. The molecule has 2 heteroatoms. The van der Waals surface area contributed by atoms with Gasteiger partial charge < -0.3 is 12.0 Å². The van der Waals surface area contributed by atoms with E-state index in [4.69, 9.17) is 5.11 Å². The fourth-order valence-corrected chi connectivity index (χ4v) is 1.32. The number of hydrogen-bond donors (Lipinski definition) is 1. The van der Waals surface area contributed by atoms with Gasteiger partial charge in [0.15, 0.2) is 0 Å². The van der Waals surface area contributed by atoms with Crippen LogP contribution in [0.5, 0.6) is 5.75 Å². The average Bonchev–Trinajstić information content (AvgIpc) is 2.26. The zero-order valence-corrected chi connectivity index (χ0v) is 15.1. The summed E-state index contributed by atoms with van der Waals surface area (Å²) >= 11 is 0.